The van der Waals surface area contributed by atoms with Gasteiger partial charge in [0.05, 0.1) is 6.61 Å². The summed E-state index contributed by atoms with van der Waals surface area (Å²) in [4.78, 5) is 30.2. The van der Waals surface area contributed by atoms with E-state index in [2.05, 4.69) is 36.6 Å². The summed E-state index contributed by atoms with van der Waals surface area (Å²) < 4.78 is 16.8. The van der Waals surface area contributed by atoms with Gasteiger partial charge in [0.15, 0.2) is 5.54 Å². The first-order valence-electron chi connectivity index (χ1n) is 12.2. The van der Waals surface area contributed by atoms with E-state index in [0.29, 0.717) is 36.8 Å². The molecule has 196 valence electrons. The van der Waals surface area contributed by atoms with Gasteiger partial charge in [-0.2, -0.15) is 0 Å². The molecule has 0 bridgehead atoms. The van der Waals surface area contributed by atoms with Crippen LogP contribution in [0.5, 0.6) is 5.75 Å². The highest BCUT2D eigenvalue weighted by atomic mass is 16.6. The molecule has 9 nitrogen and oxygen atoms in total. The minimum atomic E-state index is -1.25. The van der Waals surface area contributed by atoms with Crippen LogP contribution in [0, 0.1) is 5.41 Å². The second-order valence-corrected chi connectivity index (χ2v) is 11.0. The number of esters is 1. The SMILES string of the molecule is CC(C)(C)CCNNC(=O)[C@]1(CCC(=O)OC(C)(C)C)COC(c2ccc(OCCCO)cc2)=N1. The van der Waals surface area contributed by atoms with Gasteiger partial charge in [-0.3, -0.25) is 15.0 Å². The highest BCUT2D eigenvalue weighted by Crippen LogP contribution is 2.28. The Morgan fingerprint density at radius 1 is 1.14 bits per heavy atom. The van der Waals surface area contributed by atoms with E-state index in [1.807, 2.05) is 0 Å². The standard InChI is InChI=1S/C26H41N3O6/c1-24(2,3)14-15-27-29-23(32)26(13-12-21(31)35-25(4,5)6)18-34-22(28-26)19-8-10-20(11-9-19)33-17-7-16-30/h8-11,27,30H,7,12-18H2,1-6H3,(H,29,32)/t26-/m0/s1. The summed E-state index contributed by atoms with van der Waals surface area (Å²) in [5, 5.41) is 8.88. The summed E-state index contributed by atoms with van der Waals surface area (Å²) in [6.07, 6.45) is 1.61. The molecule has 1 aliphatic rings. The van der Waals surface area contributed by atoms with Gasteiger partial charge >= 0.3 is 5.97 Å². The smallest absolute Gasteiger partial charge is 0.306 e. The second kappa shape index (κ2) is 12.4. The van der Waals surface area contributed by atoms with Gasteiger partial charge in [-0.05, 0) is 63.3 Å². The van der Waals surface area contributed by atoms with Gasteiger partial charge in [-0.1, -0.05) is 20.8 Å². The topological polar surface area (TPSA) is 118 Å². The van der Waals surface area contributed by atoms with Crippen molar-refractivity contribution >= 4 is 17.8 Å². The lowest BCUT2D eigenvalue weighted by Crippen LogP contribution is -2.52. The average Bonchev–Trinajstić information content (AvgIpc) is 3.20. The van der Waals surface area contributed by atoms with Crippen LogP contribution in [0.4, 0.5) is 0 Å². The molecule has 2 rings (SSSR count). The maximum atomic E-state index is 13.2. The number of hydrogen-bond acceptors (Lipinski definition) is 8. The maximum absolute atomic E-state index is 13.2. The molecular formula is C26H41N3O6. The first kappa shape index (κ1) is 28.6. The molecule has 35 heavy (non-hydrogen) atoms. The predicted octanol–water partition coefficient (Wildman–Crippen LogP) is 3.14. The van der Waals surface area contributed by atoms with Crippen molar-refractivity contribution < 1.29 is 28.9 Å². The quantitative estimate of drug-likeness (QED) is 0.233. The number of rotatable bonds is 12. The van der Waals surface area contributed by atoms with Crippen molar-refractivity contribution in [2.24, 2.45) is 10.4 Å². The number of carbonyl (C=O) groups is 2. The van der Waals surface area contributed by atoms with Gasteiger partial charge in [0, 0.05) is 31.6 Å². The Bertz CT molecular complexity index is 871. The monoisotopic (exact) mass is 491 g/mol. The molecule has 3 N–H and O–H groups in total. The fraction of sp³-hybridized carbons (Fsp3) is 0.654. The van der Waals surface area contributed by atoms with E-state index in [-0.39, 0.29) is 37.4 Å². The number of benzene rings is 1. The van der Waals surface area contributed by atoms with Crippen molar-refractivity contribution in [2.45, 2.75) is 78.4 Å². The van der Waals surface area contributed by atoms with Crippen LogP contribution in [-0.2, 0) is 19.1 Å². The summed E-state index contributed by atoms with van der Waals surface area (Å²) in [6.45, 7) is 12.9. The van der Waals surface area contributed by atoms with Crippen molar-refractivity contribution in [3.05, 3.63) is 29.8 Å². The fourth-order valence-corrected chi connectivity index (χ4v) is 3.30. The molecule has 0 saturated carbocycles. The number of aliphatic hydroxyl groups is 1. The fourth-order valence-electron chi connectivity index (χ4n) is 3.30. The van der Waals surface area contributed by atoms with E-state index >= 15 is 0 Å². The highest BCUT2D eigenvalue weighted by Gasteiger charge is 2.45. The van der Waals surface area contributed by atoms with Gasteiger partial charge in [-0.25, -0.2) is 10.4 Å². The van der Waals surface area contributed by atoms with E-state index in [4.69, 9.17) is 19.3 Å². The molecule has 0 aromatic heterocycles. The van der Waals surface area contributed by atoms with Gasteiger partial charge in [0.25, 0.3) is 5.91 Å². The number of carbonyl (C=O) groups excluding carboxylic acids is 2. The lowest BCUT2D eigenvalue weighted by molar-refractivity contribution is -0.155. The molecule has 1 aliphatic heterocycles. The molecular weight excluding hydrogens is 450 g/mol. The molecule has 1 aromatic rings. The molecule has 0 spiro atoms. The normalized spacial score (nSPS) is 18.0. The highest BCUT2D eigenvalue weighted by molar-refractivity contribution is 6.00. The number of ether oxygens (including phenoxy) is 3. The average molecular weight is 492 g/mol. The number of nitrogens with one attached hydrogen (secondary N) is 2. The molecule has 0 aliphatic carbocycles. The van der Waals surface area contributed by atoms with Crippen molar-refractivity contribution in [1.82, 2.24) is 10.9 Å². The van der Waals surface area contributed by atoms with E-state index < -0.39 is 17.1 Å². The zero-order valence-electron chi connectivity index (χ0n) is 21.9. The molecule has 0 radical (unpaired) electrons. The zero-order chi connectivity index (χ0) is 26.1. The van der Waals surface area contributed by atoms with E-state index in [1.165, 1.54) is 0 Å². The van der Waals surface area contributed by atoms with Gasteiger partial charge < -0.3 is 19.3 Å². The third-order valence-electron chi connectivity index (χ3n) is 5.22. The zero-order valence-corrected chi connectivity index (χ0v) is 21.9. The lowest BCUT2D eigenvalue weighted by atomic mass is 9.92. The third-order valence-corrected chi connectivity index (χ3v) is 5.22. The minimum Gasteiger partial charge on any atom is -0.494 e. The Kier molecular flexibility index (Phi) is 10.1. The number of aliphatic imine (C=N–C) groups is 1. The Balaban J connectivity index is 2.14. The van der Waals surface area contributed by atoms with Gasteiger partial charge in [0.2, 0.25) is 5.90 Å². The lowest BCUT2D eigenvalue weighted by Gasteiger charge is -2.25. The van der Waals surface area contributed by atoms with Crippen molar-refractivity contribution in [3.63, 3.8) is 0 Å². The Labute approximate surface area is 208 Å². The summed E-state index contributed by atoms with van der Waals surface area (Å²) in [7, 11) is 0. The van der Waals surface area contributed by atoms with Crippen LogP contribution in [0.3, 0.4) is 0 Å². The number of hydrogen-bond donors (Lipinski definition) is 3. The molecule has 0 saturated heterocycles. The van der Waals surface area contributed by atoms with Crippen LogP contribution in [0.1, 0.15) is 72.8 Å². The first-order chi connectivity index (χ1) is 16.3. The van der Waals surface area contributed by atoms with Crippen LogP contribution in [0.15, 0.2) is 29.3 Å². The van der Waals surface area contributed by atoms with E-state index in [0.717, 1.165) is 6.42 Å². The molecule has 1 aromatic carbocycles. The maximum Gasteiger partial charge on any atom is 0.306 e. The second-order valence-electron chi connectivity index (χ2n) is 11.0. The van der Waals surface area contributed by atoms with Crippen molar-refractivity contribution in [1.29, 1.82) is 0 Å². The Hall–Kier alpha value is -2.65. The first-order valence-corrected chi connectivity index (χ1v) is 12.2. The van der Waals surface area contributed by atoms with Crippen LogP contribution >= 0.6 is 0 Å². The number of amides is 1. The van der Waals surface area contributed by atoms with Gasteiger partial charge in [0.1, 0.15) is 18.0 Å². The van der Waals surface area contributed by atoms with Crippen LogP contribution in [-0.4, -0.2) is 60.4 Å². The van der Waals surface area contributed by atoms with E-state index in [9.17, 15) is 9.59 Å². The number of nitrogens with zero attached hydrogens (tertiary/aromatic N) is 1. The largest absolute Gasteiger partial charge is 0.494 e. The van der Waals surface area contributed by atoms with E-state index in [1.54, 1.807) is 45.0 Å². The predicted molar refractivity (Wildman–Crippen MR) is 134 cm³/mol. The molecule has 0 fully saturated rings. The molecule has 1 heterocycles. The third kappa shape index (κ3) is 9.85. The number of hydrazine groups is 1. The molecule has 1 amide bonds. The summed E-state index contributed by atoms with van der Waals surface area (Å²) >= 11 is 0. The summed E-state index contributed by atoms with van der Waals surface area (Å²) in [5.41, 5.74) is 4.70. The summed E-state index contributed by atoms with van der Waals surface area (Å²) in [5.74, 6) is 0.256. The Morgan fingerprint density at radius 2 is 1.83 bits per heavy atom. The van der Waals surface area contributed by atoms with Crippen molar-refractivity contribution in [3.8, 4) is 5.75 Å². The Morgan fingerprint density at radius 3 is 2.43 bits per heavy atom. The summed E-state index contributed by atoms with van der Waals surface area (Å²) in [6, 6.07) is 7.17. The molecule has 0 unspecified atom stereocenters. The van der Waals surface area contributed by atoms with Crippen LogP contribution in [0.25, 0.3) is 0 Å². The van der Waals surface area contributed by atoms with Crippen molar-refractivity contribution in [2.75, 3.05) is 26.4 Å². The van der Waals surface area contributed by atoms with Crippen LogP contribution in [0.2, 0.25) is 0 Å². The minimum absolute atomic E-state index is 0.0205. The molecule has 1 atom stereocenters. The van der Waals surface area contributed by atoms with Crippen LogP contribution < -0.4 is 15.6 Å². The number of aliphatic hydroxyl groups excluding tert-OH is 1. The van der Waals surface area contributed by atoms with Gasteiger partial charge in [-0.15, -0.1) is 0 Å². The molecule has 9 heteroatoms.